The van der Waals surface area contributed by atoms with E-state index in [2.05, 4.69) is 5.32 Å². The van der Waals surface area contributed by atoms with Gasteiger partial charge in [0.25, 0.3) is 0 Å². The predicted octanol–water partition coefficient (Wildman–Crippen LogP) is 3.12. The number of amides is 2. The number of carbonyl (C=O) groups excluding carboxylic acids is 2. The Morgan fingerprint density at radius 1 is 1.11 bits per heavy atom. The lowest BCUT2D eigenvalue weighted by molar-refractivity contribution is -0.142. The van der Waals surface area contributed by atoms with Gasteiger partial charge in [-0.3, -0.25) is 9.59 Å². The molecule has 0 atom stereocenters. The molecule has 0 spiro atoms. The van der Waals surface area contributed by atoms with Crippen LogP contribution >= 0.6 is 0 Å². The zero-order valence-electron chi connectivity index (χ0n) is 16.1. The van der Waals surface area contributed by atoms with E-state index in [1.807, 2.05) is 36.9 Å². The van der Waals surface area contributed by atoms with E-state index < -0.39 is 5.54 Å². The van der Waals surface area contributed by atoms with Crippen LogP contribution in [0.1, 0.15) is 51.5 Å². The molecule has 1 saturated carbocycles. The van der Waals surface area contributed by atoms with Crippen molar-refractivity contribution in [2.75, 3.05) is 19.9 Å². The summed E-state index contributed by atoms with van der Waals surface area (Å²) in [6.07, 6.45) is 7.64. The lowest BCUT2D eigenvalue weighted by atomic mass is 9.80. The third-order valence-corrected chi connectivity index (χ3v) is 5.35. The number of hydrogen-bond donors (Lipinski definition) is 1. The number of nitrogens with zero attached hydrogens (tertiary/aromatic N) is 1. The Morgan fingerprint density at radius 3 is 2.52 bits per heavy atom. The average Bonchev–Trinajstić information content (AvgIpc) is 3.16. The zero-order valence-corrected chi connectivity index (χ0v) is 16.1. The summed E-state index contributed by atoms with van der Waals surface area (Å²) >= 11 is 0. The number of benzene rings is 1. The van der Waals surface area contributed by atoms with Crippen LogP contribution in [-0.2, 0) is 9.59 Å². The Hall–Kier alpha value is -2.50. The maximum atomic E-state index is 13.1. The van der Waals surface area contributed by atoms with Crippen molar-refractivity contribution in [2.24, 2.45) is 0 Å². The first-order valence-electron chi connectivity index (χ1n) is 9.77. The minimum absolute atomic E-state index is 0.0389. The first-order valence-corrected chi connectivity index (χ1v) is 9.77. The van der Waals surface area contributed by atoms with Crippen molar-refractivity contribution in [3.8, 4) is 11.5 Å². The Labute approximate surface area is 160 Å². The van der Waals surface area contributed by atoms with Crippen molar-refractivity contribution in [3.05, 3.63) is 29.8 Å². The van der Waals surface area contributed by atoms with Gasteiger partial charge in [-0.2, -0.15) is 0 Å². The lowest BCUT2D eigenvalue weighted by Gasteiger charge is -2.39. The summed E-state index contributed by atoms with van der Waals surface area (Å²) in [6, 6.07) is 5.53. The molecule has 0 bridgehead atoms. The van der Waals surface area contributed by atoms with Crippen molar-refractivity contribution in [2.45, 2.75) is 51.5 Å². The molecule has 6 nitrogen and oxygen atoms in total. The van der Waals surface area contributed by atoms with Crippen molar-refractivity contribution < 1.29 is 19.1 Å². The molecule has 2 amide bonds. The van der Waals surface area contributed by atoms with Gasteiger partial charge >= 0.3 is 0 Å². The smallest absolute Gasteiger partial charge is 0.248 e. The van der Waals surface area contributed by atoms with Gasteiger partial charge in [0, 0.05) is 19.2 Å². The first kappa shape index (κ1) is 19.3. The largest absolute Gasteiger partial charge is 0.454 e. The number of fused-ring (bicyclic) bond motifs is 1. The second-order valence-electron chi connectivity index (χ2n) is 7.06. The van der Waals surface area contributed by atoms with E-state index in [1.54, 1.807) is 6.08 Å². The Bertz CT molecular complexity index is 719. The highest BCUT2D eigenvalue weighted by molar-refractivity contribution is 5.97. The van der Waals surface area contributed by atoms with E-state index in [-0.39, 0.29) is 18.6 Å². The van der Waals surface area contributed by atoms with E-state index >= 15 is 0 Å². The molecule has 146 valence electrons. The fourth-order valence-corrected chi connectivity index (χ4v) is 3.83. The topological polar surface area (TPSA) is 67.9 Å². The van der Waals surface area contributed by atoms with Crippen molar-refractivity contribution in [3.63, 3.8) is 0 Å². The van der Waals surface area contributed by atoms with Gasteiger partial charge < -0.3 is 19.7 Å². The van der Waals surface area contributed by atoms with E-state index in [1.165, 1.54) is 6.08 Å². The second kappa shape index (κ2) is 8.46. The summed E-state index contributed by atoms with van der Waals surface area (Å²) in [5.74, 6) is 1.19. The molecule has 0 radical (unpaired) electrons. The van der Waals surface area contributed by atoms with Crippen molar-refractivity contribution in [1.29, 1.82) is 0 Å². The van der Waals surface area contributed by atoms with E-state index in [9.17, 15) is 9.59 Å². The maximum Gasteiger partial charge on any atom is 0.248 e. The molecule has 0 saturated heterocycles. The SMILES string of the molecule is CCN(CC)C(=O)C1(NC(=O)/C=C/c2ccc3c(c2)OCO3)CCCCC1. The quantitative estimate of drug-likeness (QED) is 0.779. The van der Waals surface area contributed by atoms with E-state index in [0.29, 0.717) is 37.4 Å². The molecule has 27 heavy (non-hydrogen) atoms. The number of likely N-dealkylation sites (N-methyl/N-ethyl adjacent to an activating group) is 1. The van der Waals surface area contributed by atoms with Gasteiger partial charge in [-0.1, -0.05) is 25.3 Å². The van der Waals surface area contributed by atoms with E-state index in [0.717, 1.165) is 24.8 Å². The third-order valence-electron chi connectivity index (χ3n) is 5.35. The van der Waals surface area contributed by atoms with Gasteiger partial charge in [-0.25, -0.2) is 0 Å². The Balaban J connectivity index is 1.71. The fraction of sp³-hybridized carbons (Fsp3) is 0.524. The third kappa shape index (κ3) is 4.26. The van der Waals surface area contributed by atoms with Gasteiger partial charge in [0.05, 0.1) is 0 Å². The molecule has 1 aliphatic heterocycles. The summed E-state index contributed by atoms with van der Waals surface area (Å²) < 4.78 is 10.7. The summed E-state index contributed by atoms with van der Waals surface area (Å²) in [5, 5.41) is 3.03. The lowest BCUT2D eigenvalue weighted by Crippen LogP contribution is -2.60. The van der Waals surface area contributed by atoms with Crippen LogP contribution in [0.25, 0.3) is 6.08 Å². The molecule has 1 aliphatic carbocycles. The average molecular weight is 372 g/mol. The molecular weight excluding hydrogens is 344 g/mol. The van der Waals surface area contributed by atoms with Crippen LogP contribution < -0.4 is 14.8 Å². The normalized spacial score (nSPS) is 17.7. The number of hydrogen-bond acceptors (Lipinski definition) is 4. The number of rotatable bonds is 6. The summed E-state index contributed by atoms with van der Waals surface area (Å²) in [6.45, 7) is 5.47. The molecule has 2 aliphatic rings. The van der Waals surface area contributed by atoms with Gasteiger partial charge in [0.2, 0.25) is 18.6 Å². The minimum atomic E-state index is -0.777. The predicted molar refractivity (Wildman–Crippen MR) is 103 cm³/mol. The Kier molecular flexibility index (Phi) is 6.04. The molecule has 0 unspecified atom stereocenters. The van der Waals surface area contributed by atoms with Crippen LogP contribution in [0.5, 0.6) is 11.5 Å². The maximum absolute atomic E-state index is 13.1. The highest BCUT2D eigenvalue weighted by atomic mass is 16.7. The standard InChI is InChI=1S/C21H28N2O4/c1-3-23(4-2)20(25)21(12-6-5-7-13-21)22-19(24)11-9-16-8-10-17-18(14-16)27-15-26-17/h8-11,14H,3-7,12-13,15H2,1-2H3,(H,22,24)/b11-9+. The van der Waals surface area contributed by atoms with Gasteiger partial charge in [-0.15, -0.1) is 0 Å². The van der Waals surface area contributed by atoms with Crippen LogP contribution in [0.2, 0.25) is 0 Å². The summed E-state index contributed by atoms with van der Waals surface area (Å²) in [5.41, 5.74) is 0.0720. The number of nitrogens with one attached hydrogen (secondary N) is 1. The zero-order chi connectivity index (χ0) is 19.3. The Morgan fingerprint density at radius 2 is 1.81 bits per heavy atom. The molecule has 6 heteroatoms. The number of ether oxygens (including phenoxy) is 2. The molecule has 0 aromatic heterocycles. The molecule has 1 aromatic carbocycles. The second-order valence-corrected chi connectivity index (χ2v) is 7.06. The summed E-state index contributed by atoms with van der Waals surface area (Å²) in [4.78, 5) is 27.5. The molecule has 1 heterocycles. The number of carbonyl (C=O) groups is 2. The van der Waals surface area contributed by atoms with Crippen LogP contribution in [0.15, 0.2) is 24.3 Å². The van der Waals surface area contributed by atoms with Crippen molar-refractivity contribution in [1.82, 2.24) is 10.2 Å². The van der Waals surface area contributed by atoms with Crippen molar-refractivity contribution >= 4 is 17.9 Å². The molecular formula is C21H28N2O4. The van der Waals surface area contributed by atoms with Crippen LogP contribution in [0.3, 0.4) is 0 Å². The highest BCUT2D eigenvalue weighted by Gasteiger charge is 2.42. The fourth-order valence-electron chi connectivity index (χ4n) is 3.83. The molecule has 1 aromatic rings. The van der Waals surface area contributed by atoms with Gasteiger partial charge in [0.1, 0.15) is 5.54 Å². The van der Waals surface area contributed by atoms with Crippen LogP contribution in [0, 0.1) is 0 Å². The van der Waals surface area contributed by atoms with Gasteiger partial charge in [0.15, 0.2) is 11.5 Å². The highest BCUT2D eigenvalue weighted by Crippen LogP contribution is 2.33. The first-order chi connectivity index (χ1) is 13.1. The van der Waals surface area contributed by atoms with Crippen LogP contribution in [0.4, 0.5) is 0 Å². The van der Waals surface area contributed by atoms with Gasteiger partial charge in [-0.05, 0) is 50.5 Å². The molecule has 1 fully saturated rings. The minimum Gasteiger partial charge on any atom is -0.454 e. The molecule has 1 N–H and O–H groups in total. The van der Waals surface area contributed by atoms with Crippen LogP contribution in [-0.4, -0.2) is 42.1 Å². The monoisotopic (exact) mass is 372 g/mol. The van der Waals surface area contributed by atoms with E-state index in [4.69, 9.17) is 9.47 Å². The molecule has 3 rings (SSSR count). The summed E-state index contributed by atoms with van der Waals surface area (Å²) in [7, 11) is 0.